The molecule has 0 unspecified atom stereocenters. The molecule has 0 aliphatic carbocycles. The lowest BCUT2D eigenvalue weighted by Crippen LogP contribution is -2.19. The molecule has 20 heavy (non-hydrogen) atoms. The van der Waals surface area contributed by atoms with Gasteiger partial charge in [-0.3, -0.25) is 0 Å². The zero-order valence-corrected chi connectivity index (χ0v) is 12.8. The molecule has 0 aliphatic rings. The van der Waals surface area contributed by atoms with E-state index in [0.29, 0.717) is 17.7 Å². The Balaban J connectivity index is 2.06. The summed E-state index contributed by atoms with van der Waals surface area (Å²) in [4.78, 5) is 1.13. The quantitative estimate of drug-likeness (QED) is 0.792. The van der Waals surface area contributed by atoms with Crippen molar-refractivity contribution in [3.05, 3.63) is 35.2 Å². The van der Waals surface area contributed by atoms with Crippen molar-refractivity contribution in [1.82, 2.24) is 15.5 Å². The average molecular weight is 293 g/mol. The van der Waals surface area contributed by atoms with Crippen LogP contribution < -0.4 is 5.32 Å². The maximum atomic E-state index is 5.42. The van der Waals surface area contributed by atoms with Gasteiger partial charge in [0.2, 0.25) is 5.89 Å². The fourth-order valence-electron chi connectivity index (χ4n) is 1.76. The first kappa shape index (κ1) is 15.0. The van der Waals surface area contributed by atoms with Crippen LogP contribution in [0.25, 0.3) is 0 Å². The highest BCUT2D eigenvalue weighted by molar-refractivity contribution is 7.99. The summed E-state index contributed by atoms with van der Waals surface area (Å²) in [6.07, 6.45) is 0. The van der Waals surface area contributed by atoms with Crippen molar-refractivity contribution in [3.8, 4) is 0 Å². The maximum Gasteiger partial charge on any atom is 0.281 e. The molecule has 0 amide bonds. The van der Waals surface area contributed by atoms with Crippen molar-refractivity contribution in [2.75, 3.05) is 20.3 Å². The largest absolute Gasteiger partial charge is 0.416 e. The summed E-state index contributed by atoms with van der Waals surface area (Å²) in [5, 5.41) is 11.8. The summed E-state index contributed by atoms with van der Waals surface area (Å²) >= 11 is 1.50. The monoisotopic (exact) mass is 293 g/mol. The van der Waals surface area contributed by atoms with E-state index in [0.717, 1.165) is 18.0 Å². The zero-order chi connectivity index (χ0) is 14.4. The molecule has 1 aromatic carbocycles. The van der Waals surface area contributed by atoms with Crippen LogP contribution in [-0.4, -0.2) is 30.5 Å². The number of aryl methyl sites for hydroxylation is 2. The highest BCUT2D eigenvalue weighted by Gasteiger charge is 2.09. The Labute approximate surface area is 123 Å². The standard InChI is InChI=1S/C14H19N3O2S/c1-10-4-5-13(20-14-17-16-11(2)19-14)12(8-10)9-15-6-7-18-3/h4-5,8,15H,6-7,9H2,1-3H3. The van der Waals surface area contributed by atoms with Crippen LogP contribution in [0.5, 0.6) is 0 Å². The molecule has 5 nitrogen and oxygen atoms in total. The van der Waals surface area contributed by atoms with Crippen LogP contribution in [-0.2, 0) is 11.3 Å². The Hall–Kier alpha value is -1.37. The van der Waals surface area contributed by atoms with Crippen LogP contribution in [0.4, 0.5) is 0 Å². The van der Waals surface area contributed by atoms with Crippen LogP contribution in [0.3, 0.4) is 0 Å². The SMILES string of the molecule is COCCNCc1cc(C)ccc1Sc1nnc(C)o1. The van der Waals surface area contributed by atoms with Gasteiger partial charge in [0.1, 0.15) is 0 Å². The van der Waals surface area contributed by atoms with Gasteiger partial charge in [0.15, 0.2) is 0 Å². The summed E-state index contributed by atoms with van der Waals surface area (Å²) in [6, 6.07) is 6.35. The number of ether oxygens (including phenoxy) is 1. The minimum absolute atomic E-state index is 0.574. The van der Waals surface area contributed by atoms with Gasteiger partial charge in [-0.05, 0) is 30.3 Å². The molecular weight excluding hydrogens is 274 g/mol. The van der Waals surface area contributed by atoms with Crippen LogP contribution >= 0.6 is 11.8 Å². The van der Waals surface area contributed by atoms with Gasteiger partial charge in [-0.1, -0.05) is 17.7 Å². The van der Waals surface area contributed by atoms with Gasteiger partial charge in [0.25, 0.3) is 5.22 Å². The van der Waals surface area contributed by atoms with Gasteiger partial charge in [-0.25, -0.2) is 0 Å². The Bertz CT molecular complexity index is 557. The molecule has 0 aliphatic heterocycles. The summed E-state index contributed by atoms with van der Waals surface area (Å²) in [7, 11) is 1.70. The first-order chi connectivity index (χ1) is 9.69. The first-order valence-corrected chi connectivity index (χ1v) is 7.28. The van der Waals surface area contributed by atoms with Crippen molar-refractivity contribution in [3.63, 3.8) is 0 Å². The highest BCUT2D eigenvalue weighted by atomic mass is 32.2. The van der Waals surface area contributed by atoms with Crippen molar-refractivity contribution in [2.45, 2.75) is 30.5 Å². The molecule has 0 saturated carbocycles. The molecule has 6 heteroatoms. The number of methoxy groups -OCH3 is 1. The molecule has 1 aromatic heterocycles. The Kier molecular flexibility index (Phi) is 5.58. The van der Waals surface area contributed by atoms with E-state index < -0.39 is 0 Å². The minimum Gasteiger partial charge on any atom is -0.416 e. The molecule has 1 N–H and O–H groups in total. The van der Waals surface area contributed by atoms with Gasteiger partial charge in [-0.15, -0.1) is 10.2 Å². The van der Waals surface area contributed by atoms with Crippen LogP contribution in [0.15, 0.2) is 32.7 Å². The zero-order valence-electron chi connectivity index (χ0n) is 12.0. The lowest BCUT2D eigenvalue weighted by atomic mass is 10.1. The summed E-state index contributed by atoms with van der Waals surface area (Å²) in [6.45, 7) is 6.20. The third kappa shape index (κ3) is 4.33. The third-order valence-electron chi connectivity index (χ3n) is 2.72. The number of benzene rings is 1. The topological polar surface area (TPSA) is 60.2 Å². The van der Waals surface area contributed by atoms with E-state index >= 15 is 0 Å². The fourth-order valence-corrected chi connectivity index (χ4v) is 2.59. The van der Waals surface area contributed by atoms with Crippen molar-refractivity contribution < 1.29 is 9.15 Å². The lowest BCUT2D eigenvalue weighted by Gasteiger charge is -2.10. The van der Waals surface area contributed by atoms with Crippen LogP contribution in [0, 0.1) is 13.8 Å². The fraction of sp³-hybridized carbons (Fsp3) is 0.429. The molecule has 108 valence electrons. The molecule has 0 bridgehead atoms. The predicted molar refractivity (Wildman–Crippen MR) is 77.9 cm³/mol. The molecule has 0 spiro atoms. The van der Waals surface area contributed by atoms with Gasteiger partial charge in [0, 0.05) is 32.0 Å². The Morgan fingerprint density at radius 1 is 1.30 bits per heavy atom. The van der Waals surface area contributed by atoms with E-state index in [-0.39, 0.29) is 0 Å². The minimum atomic E-state index is 0.574. The smallest absolute Gasteiger partial charge is 0.281 e. The summed E-state index contributed by atoms with van der Waals surface area (Å²) in [5.41, 5.74) is 2.46. The van der Waals surface area contributed by atoms with Gasteiger partial charge in [-0.2, -0.15) is 0 Å². The second-order valence-electron chi connectivity index (χ2n) is 4.47. The van der Waals surface area contributed by atoms with E-state index in [1.165, 1.54) is 22.9 Å². The number of hydrogen-bond donors (Lipinski definition) is 1. The molecular formula is C14H19N3O2S. The number of rotatable bonds is 7. The molecule has 1 heterocycles. The van der Waals surface area contributed by atoms with Crippen LogP contribution in [0.2, 0.25) is 0 Å². The lowest BCUT2D eigenvalue weighted by molar-refractivity contribution is 0.199. The van der Waals surface area contributed by atoms with Gasteiger partial charge >= 0.3 is 0 Å². The molecule has 2 rings (SSSR count). The van der Waals surface area contributed by atoms with Crippen molar-refractivity contribution >= 4 is 11.8 Å². The number of hydrogen-bond acceptors (Lipinski definition) is 6. The van der Waals surface area contributed by atoms with Crippen molar-refractivity contribution in [1.29, 1.82) is 0 Å². The van der Waals surface area contributed by atoms with Crippen molar-refractivity contribution in [2.24, 2.45) is 0 Å². The van der Waals surface area contributed by atoms with E-state index in [2.05, 4.69) is 40.6 Å². The van der Waals surface area contributed by atoms with E-state index in [1.54, 1.807) is 14.0 Å². The average Bonchev–Trinajstić information content (AvgIpc) is 2.83. The second kappa shape index (κ2) is 7.42. The molecule has 0 fully saturated rings. The van der Waals surface area contributed by atoms with Gasteiger partial charge in [0.05, 0.1) is 6.61 Å². The molecule has 0 saturated heterocycles. The van der Waals surface area contributed by atoms with E-state index in [1.807, 2.05) is 0 Å². The summed E-state index contributed by atoms with van der Waals surface area (Å²) < 4.78 is 10.4. The number of nitrogens with one attached hydrogen (secondary N) is 1. The third-order valence-corrected chi connectivity index (χ3v) is 3.68. The van der Waals surface area contributed by atoms with Gasteiger partial charge < -0.3 is 14.5 Å². The maximum absolute atomic E-state index is 5.42. The van der Waals surface area contributed by atoms with E-state index in [4.69, 9.17) is 9.15 Å². The molecule has 2 aromatic rings. The number of aromatic nitrogens is 2. The highest BCUT2D eigenvalue weighted by Crippen LogP contribution is 2.30. The first-order valence-electron chi connectivity index (χ1n) is 6.46. The Morgan fingerprint density at radius 3 is 2.85 bits per heavy atom. The predicted octanol–water partition coefficient (Wildman–Crippen LogP) is 2.57. The van der Waals surface area contributed by atoms with Crippen LogP contribution in [0.1, 0.15) is 17.0 Å². The molecule has 0 radical (unpaired) electrons. The normalized spacial score (nSPS) is 10.9. The summed E-state index contributed by atoms with van der Waals surface area (Å²) in [5.74, 6) is 0.583. The van der Waals surface area contributed by atoms with E-state index in [9.17, 15) is 0 Å². The Morgan fingerprint density at radius 2 is 2.15 bits per heavy atom. The second-order valence-corrected chi connectivity index (χ2v) is 5.46. The number of nitrogens with zero attached hydrogens (tertiary/aromatic N) is 2. The molecule has 0 atom stereocenters.